The number of nitrogens with zero attached hydrogens (tertiary/aromatic N) is 3. The molecule has 5 rings (SSSR count). The smallest absolute Gasteiger partial charge is 0.266 e. The normalized spacial score (nSPS) is 19.2. The van der Waals surface area contributed by atoms with Gasteiger partial charge < -0.3 is 15.4 Å². The van der Waals surface area contributed by atoms with Crippen molar-refractivity contribution in [3.63, 3.8) is 0 Å². The van der Waals surface area contributed by atoms with Crippen LogP contribution in [0.15, 0.2) is 65.7 Å². The number of ether oxygens (including phenoxy) is 1. The molecule has 7 nitrogen and oxygen atoms in total. The molecule has 184 valence electrons. The summed E-state index contributed by atoms with van der Waals surface area (Å²) in [7, 11) is 3.11. The van der Waals surface area contributed by atoms with E-state index in [4.69, 9.17) is 10.5 Å². The van der Waals surface area contributed by atoms with E-state index in [1.54, 1.807) is 55.3 Å². The molecular weight excluding hydrogens is 459 g/mol. The highest BCUT2D eigenvalue weighted by Gasteiger charge is 2.50. The number of fused-ring (bicyclic) bond motifs is 1. The van der Waals surface area contributed by atoms with Crippen LogP contribution in [0, 0.1) is 5.82 Å². The Morgan fingerprint density at radius 1 is 1.11 bits per heavy atom. The number of aryl methyl sites for hydroxylation is 1. The molecule has 1 atom stereocenters. The van der Waals surface area contributed by atoms with Crippen LogP contribution in [0.3, 0.4) is 0 Å². The van der Waals surface area contributed by atoms with Gasteiger partial charge >= 0.3 is 0 Å². The Hall–Kier alpha value is -4.20. The summed E-state index contributed by atoms with van der Waals surface area (Å²) in [6.07, 6.45) is 1.61. The van der Waals surface area contributed by atoms with Gasteiger partial charge in [0.05, 0.1) is 7.11 Å². The molecule has 3 aromatic carbocycles. The second-order valence-electron chi connectivity index (χ2n) is 9.09. The molecule has 1 unspecified atom stereocenters. The third-order valence-electron chi connectivity index (χ3n) is 7.00. The van der Waals surface area contributed by atoms with Gasteiger partial charge in [0.1, 0.15) is 11.6 Å². The van der Waals surface area contributed by atoms with E-state index < -0.39 is 11.4 Å². The van der Waals surface area contributed by atoms with Crippen LogP contribution in [-0.4, -0.2) is 43.4 Å². The van der Waals surface area contributed by atoms with Crippen LogP contribution >= 0.6 is 0 Å². The van der Waals surface area contributed by atoms with E-state index >= 15 is 0 Å². The summed E-state index contributed by atoms with van der Waals surface area (Å²) < 4.78 is 20.1. The first kappa shape index (κ1) is 23.5. The van der Waals surface area contributed by atoms with E-state index in [1.165, 1.54) is 18.1 Å². The van der Waals surface area contributed by atoms with Crippen LogP contribution in [0.25, 0.3) is 11.1 Å². The lowest BCUT2D eigenvalue weighted by atomic mass is 9.80. The third-order valence-corrected chi connectivity index (χ3v) is 7.00. The van der Waals surface area contributed by atoms with Crippen molar-refractivity contribution in [2.45, 2.75) is 25.3 Å². The van der Waals surface area contributed by atoms with Crippen molar-refractivity contribution in [2.75, 3.05) is 25.6 Å². The molecule has 2 N–H and O–H groups in total. The first-order valence-electron chi connectivity index (χ1n) is 11.8. The second-order valence-corrected chi connectivity index (χ2v) is 9.09. The minimum absolute atomic E-state index is 0.0228. The Morgan fingerprint density at radius 2 is 1.89 bits per heavy atom. The molecule has 0 saturated heterocycles. The summed E-state index contributed by atoms with van der Waals surface area (Å²) >= 11 is 0. The highest BCUT2D eigenvalue weighted by Crippen LogP contribution is 2.43. The zero-order valence-corrected chi connectivity index (χ0v) is 20.4. The number of anilines is 1. The molecule has 0 radical (unpaired) electrons. The molecule has 2 aliphatic heterocycles. The number of amides is 2. The van der Waals surface area contributed by atoms with E-state index in [0.717, 1.165) is 24.1 Å². The van der Waals surface area contributed by atoms with Gasteiger partial charge in [0.2, 0.25) is 5.91 Å². The van der Waals surface area contributed by atoms with Crippen LogP contribution in [0.5, 0.6) is 5.75 Å². The second kappa shape index (κ2) is 8.78. The molecule has 2 heterocycles. The molecule has 0 fully saturated rings. The van der Waals surface area contributed by atoms with E-state index in [1.807, 2.05) is 18.2 Å². The number of carbonyl (C=O) groups is 2. The van der Waals surface area contributed by atoms with Crippen molar-refractivity contribution >= 4 is 23.5 Å². The van der Waals surface area contributed by atoms with Gasteiger partial charge in [-0.3, -0.25) is 14.5 Å². The predicted molar refractivity (Wildman–Crippen MR) is 136 cm³/mol. The number of hydrogen-bond acceptors (Lipinski definition) is 5. The molecule has 2 aliphatic rings. The number of benzene rings is 3. The maximum atomic E-state index is 14.8. The Labute approximate surface area is 209 Å². The molecular formula is C28H27FN4O3. The molecule has 8 heteroatoms. The SMILES string of the molecule is COc1ccc(F)c(-c2cccc(C3(c4ccc5c(c4)CCCN5C(C)=O)N=C(N)N(C)C3=O)c2)c1. The topological polar surface area (TPSA) is 88.2 Å². The van der Waals surface area contributed by atoms with Crippen LogP contribution in [0.1, 0.15) is 30.0 Å². The van der Waals surface area contributed by atoms with Gasteiger partial charge in [-0.2, -0.15) is 0 Å². The Balaban J connectivity index is 1.70. The standard InChI is InChI=1S/C28H27FN4O3/c1-17(34)33-13-5-7-19-15-21(9-12-25(19)33)28(26(35)32(2)27(30)31-28)20-8-4-6-18(14-20)23-16-22(36-3)10-11-24(23)29/h4,6,8-12,14-16H,5,7,13H2,1-3H3,(H2,30,31). The molecule has 0 spiro atoms. The lowest BCUT2D eigenvalue weighted by molar-refractivity contribution is -0.129. The number of guanidine groups is 1. The van der Waals surface area contributed by atoms with E-state index in [2.05, 4.69) is 4.99 Å². The van der Waals surface area contributed by atoms with Gasteiger partial charge in [0.25, 0.3) is 5.91 Å². The first-order valence-corrected chi connectivity index (χ1v) is 11.8. The van der Waals surface area contributed by atoms with Crippen LogP contribution < -0.4 is 15.4 Å². The van der Waals surface area contributed by atoms with E-state index in [-0.39, 0.29) is 17.8 Å². The van der Waals surface area contributed by atoms with Crippen LogP contribution in [0.4, 0.5) is 10.1 Å². The van der Waals surface area contributed by atoms with Crippen molar-refractivity contribution in [3.05, 3.63) is 83.2 Å². The monoisotopic (exact) mass is 486 g/mol. The third kappa shape index (κ3) is 3.61. The lowest BCUT2D eigenvalue weighted by Gasteiger charge is -2.32. The molecule has 36 heavy (non-hydrogen) atoms. The fourth-order valence-electron chi connectivity index (χ4n) is 5.10. The predicted octanol–water partition coefficient (Wildman–Crippen LogP) is 3.83. The maximum Gasteiger partial charge on any atom is 0.266 e. The summed E-state index contributed by atoms with van der Waals surface area (Å²) in [6, 6.07) is 17.3. The molecule has 3 aromatic rings. The number of aliphatic imine (C=N–C) groups is 1. The fraction of sp³-hybridized carbons (Fsp3) is 0.250. The van der Waals surface area contributed by atoms with Crippen molar-refractivity contribution in [2.24, 2.45) is 10.7 Å². The zero-order chi connectivity index (χ0) is 25.6. The fourth-order valence-corrected chi connectivity index (χ4v) is 5.10. The Kier molecular flexibility index (Phi) is 5.74. The number of nitrogens with two attached hydrogens (primary N) is 1. The van der Waals surface area contributed by atoms with Crippen molar-refractivity contribution in [1.82, 2.24) is 4.90 Å². The number of halogens is 1. The van der Waals surface area contributed by atoms with Crippen molar-refractivity contribution in [3.8, 4) is 16.9 Å². The number of likely N-dealkylation sites (N-methyl/N-ethyl adjacent to an activating group) is 1. The summed E-state index contributed by atoms with van der Waals surface area (Å²) in [6.45, 7) is 2.21. The average Bonchev–Trinajstić information content (AvgIpc) is 3.13. The summed E-state index contributed by atoms with van der Waals surface area (Å²) in [5.74, 6) is -0.109. The largest absolute Gasteiger partial charge is 0.497 e. The van der Waals surface area contributed by atoms with E-state index in [0.29, 0.717) is 34.5 Å². The first-order chi connectivity index (χ1) is 17.3. The molecule has 0 aromatic heterocycles. The van der Waals surface area contributed by atoms with Gasteiger partial charge in [-0.1, -0.05) is 30.3 Å². The minimum atomic E-state index is -1.43. The molecule has 0 aliphatic carbocycles. The summed E-state index contributed by atoms with van der Waals surface area (Å²) in [5.41, 5.74) is 8.69. The molecule has 2 amide bonds. The lowest BCUT2D eigenvalue weighted by Crippen LogP contribution is -2.41. The minimum Gasteiger partial charge on any atom is -0.497 e. The number of hydrogen-bond donors (Lipinski definition) is 1. The van der Waals surface area contributed by atoms with Gasteiger partial charge in [-0.15, -0.1) is 0 Å². The van der Waals surface area contributed by atoms with Crippen LogP contribution in [-0.2, 0) is 21.5 Å². The highest BCUT2D eigenvalue weighted by atomic mass is 19.1. The van der Waals surface area contributed by atoms with Gasteiger partial charge in [0, 0.05) is 31.8 Å². The van der Waals surface area contributed by atoms with E-state index in [9.17, 15) is 14.0 Å². The van der Waals surface area contributed by atoms with Crippen molar-refractivity contribution < 1.29 is 18.7 Å². The number of methoxy groups -OCH3 is 1. The number of carbonyl (C=O) groups excluding carboxylic acids is 2. The van der Waals surface area contributed by atoms with Gasteiger partial charge in [-0.25, -0.2) is 9.38 Å². The summed E-state index contributed by atoms with van der Waals surface area (Å²) in [4.78, 5) is 33.7. The van der Waals surface area contributed by atoms with Crippen molar-refractivity contribution in [1.29, 1.82) is 0 Å². The Bertz CT molecular complexity index is 1420. The average molecular weight is 487 g/mol. The zero-order valence-electron chi connectivity index (χ0n) is 20.4. The molecule has 0 bridgehead atoms. The number of rotatable bonds is 4. The Morgan fingerprint density at radius 3 is 2.58 bits per heavy atom. The molecule has 0 saturated carbocycles. The van der Waals surface area contributed by atoms with Gasteiger partial charge in [0.15, 0.2) is 11.5 Å². The summed E-state index contributed by atoms with van der Waals surface area (Å²) in [5, 5.41) is 0. The van der Waals surface area contributed by atoms with Crippen LogP contribution in [0.2, 0.25) is 0 Å². The maximum absolute atomic E-state index is 14.8. The van der Waals surface area contributed by atoms with Gasteiger partial charge in [-0.05, 0) is 65.4 Å². The highest BCUT2D eigenvalue weighted by molar-refractivity contribution is 6.09. The quantitative estimate of drug-likeness (QED) is 0.607.